The molecule has 0 aromatic carbocycles. The highest BCUT2D eigenvalue weighted by atomic mass is 79.9. The highest BCUT2D eigenvalue weighted by Gasteiger charge is 0.0775. The van der Waals surface area contributed by atoms with Gasteiger partial charge >= 0.3 is 0 Å². The third-order valence-corrected chi connectivity index (χ3v) is 0. The van der Waals surface area contributed by atoms with Crippen molar-refractivity contribution in [2.24, 2.45) is 0 Å². The minimum absolute atomic E-state index is 0. The summed E-state index contributed by atoms with van der Waals surface area (Å²) in [7, 11) is 0. The Labute approximate surface area is 46.2 Å². The van der Waals surface area contributed by atoms with Crippen molar-refractivity contribution in [3.8, 4) is 0 Å². The highest BCUT2D eigenvalue weighted by Crippen LogP contribution is 0.847. The lowest BCUT2D eigenvalue weighted by Gasteiger charge is -1.08. The van der Waals surface area contributed by atoms with Crippen LogP contribution in [0.25, 0.3) is 0 Å². The Morgan fingerprint density at radius 3 is 1.00 bits per heavy atom. The van der Waals surface area contributed by atoms with Gasteiger partial charge in [0.1, 0.15) is 0 Å². The molecule has 0 bridgehead atoms. The van der Waals surface area contributed by atoms with E-state index in [0.717, 1.165) is 0 Å². The monoisotopic (exact) mass is 186 g/mol. The molecule has 0 radical (unpaired) electrons. The molecule has 0 spiro atoms. The minimum atomic E-state index is 0. The number of nitrogens with zero attached hydrogens (tertiary/aromatic N) is 1. The SMILES string of the molecule is Br.Br.[C-]#N. The van der Waals surface area contributed by atoms with Gasteiger partial charge in [-0.25, -0.2) is 0 Å². The smallest absolute Gasteiger partial charge is 0.114 e. The lowest BCUT2D eigenvalue weighted by Crippen LogP contribution is -0.530. The van der Waals surface area contributed by atoms with Crippen molar-refractivity contribution in [3.63, 3.8) is 0 Å². The van der Waals surface area contributed by atoms with Crippen molar-refractivity contribution in [1.82, 2.24) is 0 Å². The van der Waals surface area contributed by atoms with Gasteiger partial charge in [0, 0.05) is 0 Å². The predicted molar refractivity (Wildman–Crippen MR) is 25.6 cm³/mol. The molecule has 0 amide bonds. The van der Waals surface area contributed by atoms with Crippen LogP contribution >= 0.6 is 34.0 Å². The molecule has 4 heavy (non-hydrogen) atoms. The molecule has 0 heterocycles. The van der Waals surface area contributed by atoms with Crippen molar-refractivity contribution in [3.05, 3.63) is 6.57 Å². The molecular weight excluding hydrogens is 186 g/mol. The van der Waals surface area contributed by atoms with Crippen LogP contribution in [0.5, 0.6) is 0 Å². The summed E-state index contributed by atoms with van der Waals surface area (Å²) in [5.41, 5.74) is 0. The molecule has 0 atom stereocenters. The Hall–Kier alpha value is 0.450. The van der Waals surface area contributed by atoms with E-state index in [-0.39, 0.29) is 34.0 Å². The second-order valence-electron chi connectivity index (χ2n) is 0. The van der Waals surface area contributed by atoms with Gasteiger partial charge in [0.2, 0.25) is 0 Å². The molecule has 0 aliphatic carbocycles. The minimum Gasteiger partial charge on any atom is -0.512 e. The molecule has 0 saturated carbocycles. The zero-order valence-electron chi connectivity index (χ0n) is 1.76. The van der Waals surface area contributed by atoms with Crippen LogP contribution in [-0.2, 0) is 0 Å². The first kappa shape index (κ1) is 25.2. The molecular formula is CH2Br2N-. The average Bonchev–Trinajstić information content (AvgIpc) is 1.00. The predicted octanol–water partition coefficient (Wildman–Crippen LogP) is 1.25. The molecule has 0 N–H and O–H groups in total. The summed E-state index contributed by atoms with van der Waals surface area (Å²) in [6.07, 6.45) is 0. The fourth-order valence-corrected chi connectivity index (χ4v) is 0. The van der Waals surface area contributed by atoms with E-state index in [2.05, 4.69) is 0 Å². The summed E-state index contributed by atoms with van der Waals surface area (Å²) in [4.78, 5) is 0. The summed E-state index contributed by atoms with van der Waals surface area (Å²) in [6, 6.07) is 0. The zero-order chi connectivity index (χ0) is 2.00. The molecule has 0 aliphatic rings. The van der Waals surface area contributed by atoms with Gasteiger partial charge < -0.3 is 11.8 Å². The molecule has 0 fully saturated rings. The van der Waals surface area contributed by atoms with Crippen LogP contribution in [0.3, 0.4) is 0 Å². The van der Waals surface area contributed by atoms with Gasteiger partial charge in [0.05, 0.1) is 0 Å². The van der Waals surface area contributed by atoms with Crippen LogP contribution in [0, 0.1) is 11.8 Å². The Morgan fingerprint density at radius 1 is 1.00 bits per heavy atom. The fourth-order valence-electron chi connectivity index (χ4n) is 0. The molecule has 26 valence electrons. The third kappa shape index (κ3) is 25.4. The van der Waals surface area contributed by atoms with Crippen molar-refractivity contribution in [1.29, 1.82) is 5.26 Å². The molecule has 0 aromatic heterocycles. The topological polar surface area (TPSA) is 23.8 Å². The number of hydrogen-bond acceptors (Lipinski definition) is 1. The maximum atomic E-state index is 6.25. The lowest BCUT2D eigenvalue weighted by molar-refractivity contribution is 1.53. The first-order valence-electron chi connectivity index (χ1n) is 0.224. The number of hydrogen-bond donors (Lipinski definition) is 0. The molecule has 0 rings (SSSR count). The van der Waals surface area contributed by atoms with Crippen molar-refractivity contribution in [2.45, 2.75) is 0 Å². The van der Waals surface area contributed by atoms with Crippen molar-refractivity contribution in [2.75, 3.05) is 0 Å². The first-order valence-corrected chi connectivity index (χ1v) is 0.224. The maximum Gasteiger partial charge on any atom is -0.114 e. The van der Waals surface area contributed by atoms with Crippen LogP contribution in [0.1, 0.15) is 0 Å². The molecule has 0 saturated heterocycles. The largest absolute Gasteiger partial charge is 0.512 e. The van der Waals surface area contributed by atoms with Gasteiger partial charge in [-0.3, -0.25) is 0 Å². The lowest BCUT2D eigenvalue weighted by atomic mass is 11.9. The van der Waals surface area contributed by atoms with E-state index in [1.165, 1.54) is 0 Å². The van der Waals surface area contributed by atoms with E-state index >= 15 is 0 Å². The molecule has 0 unspecified atom stereocenters. The van der Waals surface area contributed by atoms with E-state index in [1.54, 1.807) is 0 Å². The Kier molecular flexibility index (Phi) is 644. The summed E-state index contributed by atoms with van der Waals surface area (Å²) >= 11 is 0. The Morgan fingerprint density at radius 2 is 1.00 bits per heavy atom. The Bertz CT molecular complexity index is 10.8. The van der Waals surface area contributed by atoms with Gasteiger partial charge in [-0.2, -0.15) is 0 Å². The van der Waals surface area contributed by atoms with E-state index < -0.39 is 0 Å². The summed E-state index contributed by atoms with van der Waals surface area (Å²) in [5, 5.41) is 6.25. The quantitative estimate of drug-likeness (QED) is 0.524. The third-order valence-electron chi connectivity index (χ3n) is 0. The standard InChI is InChI=1S/CN.2BrH/c1-2;;/h;2*1H/q-1;;. The molecule has 0 aromatic rings. The van der Waals surface area contributed by atoms with Crippen LogP contribution < -0.4 is 0 Å². The normalized spacial score (nSPS) is 0.500. The number of halogens is 2. The van der Waals surface area contributed by atoms with Gasteiger partial charge in [0.25, 0.3) is 0 Å². The second kappa shape index (κ2) is 102. The number of rotatable bonds is 0. The van der Waals surface area contributed by atoms with E-state index in [1.807, 2.05) is 0 Å². The molecule has 3 heteroatoms. The van der Waals surface area contributed by atoms with Crippen molar-refractivity contribution < 1.29 is 0 Å². The van der Waals surface area contributed by atoms with Gasteiger partial charge in [-0.1, -0.05) is 0 Å². The van der Waals surface area contributed by atoms with Crippen LogP contribution in [0.2, 0.25) is 0 Å². The summed E-state index contributed by atoms with van der Waals surface area (Å²) in [6.45, 7) is 4.75. The Balaban J connectivity index is -0.00000000500. The van der Waals surface area contributed by atoms with Crippen LogP contribution in [0.15, 0.2) is 0 Å². The van der Waals surface area contributed by atoms with Gasteiger partial charge in [0.15, 0.2) is 0 Å². The van der Waals surface area contributed by atoms with E-state index in [9.17, 15) is 0 Å². The van der Waals surface area contributed by atoms with E-state index in [4.69, 9.17) is 11.8 Å². The first-order chi connectivity index (χ1) is 1.00. The molecule has 0 aliphatic heterocycles. The zero-order valence-corrected chi connectivity index (χ0v) is 5.19. The summed E-state index contributed by atoms with van der Waals surface area (Å²) in [5.74, 6) is 0. The van der Waals surface area contributed by atoms with E-state index in [0.29, 0.717) is 0 Å². The van der Waals surface area contributed by atoms with Crippen LogP contribution in [0.4, 0.5) is 0 Å². The highest BCUT2D eigenvalue weighted by molar-refractivity contribution is 8.93. The summed E-state index contributed by atoms with van der Waals surface area (Å²) < 4.78 is 0. The fraction of sp³-hybridized carbons (Fsp3) is 0. The second-order valence-corrected chi connectivity index (χ2v) is 0. The van der Waals surface area contributed by atoms with Crippen LogP contribution in [-0.4, -0.2) is 0 Å². The van der Waals surface area contributed by atoms with Gasteiger partial charge in [-0.05, 0) is 0 Å². The van der Waals surface area contributed by atoms with Gasteiger partial charge in [-0.15, -0.1) is 34.0 Å². The van der Waals surface area contributed by atoms with Crippen molar-refractivity contribution >= 4 is 34.0 Å². The molecule has 1 nitrogen and oxygen atoms in total. The maximum absolute atomic E-state index is 6.25. The average molecular weight is 188 g/mol.